The topological polar surface area (TPSA) is 285 Å². The molecule has 0 unspecified atom stereocenters. The second-order valence-electron chi connectivity index (χ2n) is 24.3. The second kappa shape index (κ2) is 26.9. The Morgan fingerprint density at radius 3 is 1.47 bits per heavy atom. The predicted octanol–water partition coefficient (Wildman–Crippen LogP) is 8.44. The van der Waals surface area contributed by atoms with Gasteiger partial charge in [-0.15, -0.1) is 12.4 Å². The van der Waals surface area contributed by atoms with Crippen molar-refractivity contribution in [3.05, 3.63) is 111 Å². The highest BCUT2D eigenvalue weighted by molar-refractivity contribution is 7.92. The lowest BCUT2D eigenvalue weighted by molar-refractivity contribution is 0.0479. The number of likely N-dealkylation sites (tertiary alicyclic amines) is 2. The van der Waals surface area contributed by atoms with Crippen LogP contribution in [0.4, 0.5) is 26.8 Å². The number of nitrogens with one attached hydrogen (secondary N) is 5. The standard InChI is InChI=1S/C29H39N7O5S.C21H24ClN5O3S.C8H16N2O2.ClH/c1-18-10-11-22(33-42(6,39)40)21(13-18)27(37)35-12-8-7-9-24(35)23-14-25-31-26(19(2)15-36(25)32-23)34-16-20(17-34)30-28(38)41-29(3,4)5;1-13-7-8-16(25-31(3,29)30)15(10-13)21(28)26-9-5-4-6-18(26)17-11-19-23-20(22)14(2)12-27(19)24-17;1-8(2,3)12-7(11)10-6-4-9-5-6;/h10-11,13-15,20,24,33H,7-9,12,16-17H2,1-6H3,(H,30,38);7-8,10-12,18,25H,4-6,9H2,1-3H3;6,9H,4-5H2,1-3H3,(H,10,11);1H/t24-;18-;;/m00../s1. The molecule has 24 nitrogen and oxygen atoms in total. The van der Waals surface area contributed by atoms with E-state index in [0.717, 1.165) is 104 Å². The van der Waals surface area contributed by atoms with Gasteiger partial charge in [0.15, 0.2) is 11.3 Å². The summed E-state index contributed by atoms with van der Waals surface area (Å²) in [6.45, 7) is 22.7. The zero-order chi connectivity index (χ0) is 61.9. The molecule has 4 aliphatic heterocycles. The Balaban J connectivity index is 0.000000210. The maximum Gasteiger partial charge on any atom is 0.407 e. The Hall–Kier alpha value is -7.00. The van der Waals surface area contributed by atoms with Crippen LogP contribution in [-0.2, 0) is 29.5 Å². The highest BCUT2D eigenvalue weighted by Crippen LogP contribution is 2.36. The van der Waals surface area contributed by atoms with Gasteiger partial charge in [-0.1, -0.05) is 34.9 Å². The number of sulfonamides is 2. The number of aromatic nitrogens is 6. The summed E-state index contributed by atoms with van der Waals surface area (Å²) >= 11 is 6.15. The molecule has 28 heteroatoms. The molecule has 4 aromatic heterocycles. The molecule has 4 amide bonds. The first-order valence-electron chi connectivity index (χ1n) is 28.4. The maximum atomic E-state index is 13.9. The van der Waals surface area contributed by atoms with Crippen molar-refractivity contribution >= 4 is 96.5 Å². The van der Waals surface area contributed by atoms with E-state index >= 15 is 0 Å². The fraction of sp³-hybridized carbons (Fsp3) is 0.517. The van der Waals surface area contributed by atoms with Crippen LogP contribution in [0.15, 0.2) is 60.9 Å². The van der Waals surface area contributed by atoms with Crippen LogP contribution in [0.5, 0.6) is 0 Å². The van der Waals surface area contributed by atoms with Gasteiger partial charge in [-0.2, -0.15) is 10.2 Å². The molecule has 6 aromatic rings. The average Bonchev–Trinajstić information content (AvgIpc) is 1.94. The number of anilines is 3. The smallest absolute Gasteiger partial charge is 0.407 e. The molecule has 5 N–H and O–H groups in total. The minimum Gasteiger partial charge on any atom is -0.444 e. The van der Waals surface area contributed by atoms with Crippen molar-refractivity contribution in [2.75, 3.05) is 66.1 Å². The minimum absolute atomic E-state index is 0. The summed E-state index contributed by atoms with van der Waals surface area (Å²) in [6.07, 6.45) is 10.3. The van der Waals surface area contributed by atoms with Crippen LogP contribution in [0.25, 0.3) is 11.3 Å². The molecule has 4 aliphatic rings. The molecular weight excluding hydrogens is 1190 g/mol. The van der Waals surface area contributed by atoms with Crippen LogP contribution in [-0.4, -0.2) is 155 Å². The van der Waals surface area contributed by atoms with Gasteiger partial charge in [0.25, 0.3) is 11.8 Å². The average molecular weight is 1270 g/mol. The first-order valence-corrected chi connectivity index (χ1v) is 32.6. The Kier molecular flexibility index (Phi) is 20.8. The quantitative estimate of drug-likeness (QED) is 0.0761. The molecule has 0 saturated carbocycles. The van der Waals surface area contributed by atoms with E-state index in [9.17, 15) is 36.0 Å². The number of ether oxygens (including phenoxy) is 2. The van der Waals surface area contributed by atoms with Crippen molar-refractivity contribution in [1.82, 2.24) is 54.9 Å². The molecule has 0 spiro atoms. The Labute approximate surface area is 514 Å². The number of amides is 4. The van der Waals surface area contributed by atoms with Crippen LogP contribution in [0.3, 0.4) is 0 Å². The van der Waals surface area contributed by atoms with Crippen LogP contribution in [0.1, 0.15) is 147 Å². The van der Waals surface area contributed by atoms with Crippen molar-refractivity contribution in [2.24, 2.45) is 0 Å². The number of aryl methyl sites for hydroxylation is 4. The van der Waals surface area contributed by atoms with E-state index in [1.54, 1.807) is 55.2 Å². The van der Waals surface area contributed by atoms with Gasteiger partial charge in [0.2, 0.25) is 20.0 Å². The molecule has 0 radical (unpaired) electrons. The van der Waals surface area contributed by atoms with Crippen LogP contribution in [0.2, 0.25) is 5.15 Å². The summed E-state index contributed by atoms with van der Waals surface area (Å²) < 4.78 is 66.4. The van der Waals surface area contributed by atoms with Gasteiger partial charge in [0, 0.05) is 74.9 Å². The zero-order valence-corrected chi connectivity index (χ0v) is 54.0. The fourth-order valence-electron chi connectivity index (χ4n) is 10.3. The van der Waals surface area contributed by atoms with E-state index in [2.05, 4.69) is 40.4 Å². The van der Waals surface area contributed by atoms with Gasteiger partial charge in [-0.25, -0.2) is 45.4 Å². The Bertz CT molecular complexity index is 3670. The maximum absolute atomic E-state index is 13.9. The fourth-order valence-corrected chi connectivity index (χ4v) is 11.6. The SMILES string of the molecule is CC(C)(C)OC(=O)NC1CNC1.Cc1ccc(NS(C)(=O)=O)c(C(=O)N2CCCC[C@H]2c2cc3nc(Cl)c(C)cn3n2)c1.Cc1ccc(NS(C)(=O)=O)c(C(=O)N2CCCC[C@H]2c2cc3nc(N4CC(NC(=O)OC(C)(C)C)C4)c(C)cn3n2)c1.Cl. The van der Waals surface area contributed by atoms with E-state index in [4.69, 9.17) is 31.2 Å². The van der Waals surface area contributed by atoms with Gasteiger partial charge < -0.3 is 40.1 Å². The summed E-state index contributed by atoms with van der Waals surface area (Å²) in [5, 5.41) is 18.6. The number of carbonyl (C=O) groups is 4. The van der Waals surface area contributed by atoms with Crippen LogP contribution < -0.4 is 30.3 Å². The number of benzene rings is 2. The summed E-state index contributed by atoms with van der Waals surface area (Å²) in [6, 6.07) is 13.8. The van der Waals surface area contributed by atoms with E-state index in [-0.39, 0.29) is 65.9 Å². The molecule has 10 rings (SSSR count). The number of hydrogen-bond acceptors (Lipinski definition) is 16. The molecule has 468 valence electrons. The number of fused-ring (bicyclic) bond motifs is 2. The molecule has 0 bridgehead atoms. The summed E-state index contributed by atoms with van der Waals surface area (Å²) in [5.74, 6) is 0.364. The normalized spacial score (nSPS) is 17.6. The van der Waals surface area contributed by atoms with Crippen LogP contribution >= 0.6 is 24.0 Å². The molecule has 0 aliphatic carbocycles. The Morgan fingerprint density at radius 1 is 0.616 bits per heavy atom. The monoisotopic (exact) mass is 1270 g/mol. The van der Waals surface area contributed by atoms with E-state index in [1.807, 2.05) is 93.8 Å². The molecular formula is C58H80Cl2N14O10S2. The number of carbonyl (C=O) groups excluding carboxylic acids is 4. The minimum atomic E-state index is -3.57. The number of alkyl carbamates (subject to hydrolysis) is 2. The number of piperidine rings is 2. The summed E-state index contributed by atoms with van der Waals surface area (Å²) in [5.41, 5.74) is 6.52. The first-order chi connectivity index (χ1) is 39.8. The van der Waals surface area contributed by atoms with Gasteiger partial charge in [0.05, 0.1) is 70.6 Å². The highest BCUT2D eigenvalue weighted by atomic mass is 35.5. The number of hydrogen-bond donors (Lipinski definition) is 5. The van der Waals surface area contributed by atoms with E-state index in [0.29, 0.717) is 53.8 Å². The molecule has 86 heavy (non-hydrogen) atoms. The lowest BCUT2D eigenvalue weighted by atomic mass is 9.97. The number of nitrogens with zero attached hydrogens (tertiary/aromatic N) is 9. The number of halogens is 2. The molecule has 2 atom stereocenters. The third-order valence-corrected chi connectivity index (χ3v) is 15.8. The van der Waals surface area contributed by atoms with Crippen molar-refractivity contribution in [2.45, 2.75) is 143 Å². The van der Waals surface area contributed by atoms with Crippen molar-refractivity contribution < 1.29 is 45.5 Å². The molecule has 4 fully saturated rings. The van der Waals surface area contributed by atoms with Crippen molar-refractivity contribution in [3.63, 3.8) is 0 Å². The number of rotatable bonds is 11. The van der Waals surface area contributed by atoms with Gasteiger partial charge in [0.1, 0.15) is 22.2 Å². The summed E-state index contributed by atoms with van der Waals surface area (Å²) in [7, 11) is -7.09. The van der Waals surface area contributed by atoms with Crippen molar-refractivity contribution in [3.8, 4) is 0 Å². The molecule has 4 saturated heterocycles. The zero-order valence-electron chi connectivity index (χ0n) is 50.8. The van der Waals surface area contributed by atoms with Gasteiger partial charge in [-0.3, -0.25) is 19.0 Å². The van der Waals surface area contributed by atoms with Gasteiger partial charge >= 0.3 is 12.2 Å². The van der Waals surface area contributed by atoms with E-state index in [1.165, 1.54) is 0 Å². The van der Waals surface area contributed by atoms with E-state index < -0.39 is 37.3 Å². The largest absolute Gasteiger partial charge is 0.444 e. The predicted molar refractivity (Wildman–Crippen MR) is 334 cm³/mol. The first kappa shape index (κ1) is 66.5. The molecule has 8 heterocycles. The third-order valence-electron chi connectivity index (χ3n) is 14.2. The second-order valence-corrected chi connectivity index (χ2v) is 28.2. The lowest BCUT2D eigenvalue weighted by Gasteiger charge is -2.41. The lowest BCUT2D eigenvalue weighted by Crippen LogP contribution is -2.60. The Morgan fingerprint density at radius 2 is 1.05 bits per heavy atom. The van der Waals surface area contributed by atoms with Crippen LogP contribution in [0, 0.1) is 27.7 Å². The third kappa shape index (κ3) is 17.6. The highest BCUT2D eigenvalue weighted by Gasteiger charge is 2.36. The molecule has 2 aromatic carbocycles. The summed E-state index contributed by atoms with van der Waals surface area (Å²) in [4.78, 5) is 65.6. The van der Waals surface area contributed by atoms with Gasteiger partial charge in [-0.05, 0) is 132 Å². The van der Waals surface area contributed by atoms with Crippen molar-refractivity contribution in [1.29, 1.82) is 0 Å².